The van der Waals surface area contributed by atoms with Crippen molar-refractivity contribution < 1.29 is 19.2 Å². The van der Waals surface area contributed by atoms with E-state index in [-0.39, 0.29) is 17.0 Å². The molecule has 0 spiro atoms. The van der Waals surface area contributed by atoms with Crippen molar-refractivity contribution in [2.75, 3.05) is 12.9 Å². The molecule has 0 saturated heterocycles. The summed E-state index contributed by atoms with van der Waals surface area (Å²) in [4.78, 5) is 40.6. The van der Waals surface area contributed by atoms with Gasteiger partial charge in [-0.15, -0.1) is 11.8 Å². The van der Waals surface area contributed by atoms with Crippen LogP contribution in [0.5, 0.6) is 0 Å². The largest absolute Gasteiger partial charge is 0.468 e. The van der Waals surface area contributed by atoms with Gasteiger partial charge >= 0.3 is 5.97 Å². The Bertz CT molecular complexity index is 1170. The van der Waals surface area contributed by atoms with Crippen LogP contribution >= 0.6 is 23.1 Å². The lowest BCUT2D eigenvalue weighted by Crippen LogP contribution is -2.22. The highest BCUT2D eigenvalue weighted by Crippen LogP contribution is 2.25. The molecule has 1 heterocycles. The Labute approximate surface area is 174 Å². The van der Waals surface area contributed by atoms with E-state index in [0.29, 0.717) is 15.8 Å². The molecule has 0 radical (unpaired) electrons. The number of carbonyl (C=O) groups is 2. The fraction of sp³-hybridized carbons (Fsp3) is 0.211. The van der Waals surface area contributed by atoms with Gasteiger partial charge in [0.15, 0.2) is 4.80 Å². The Morgan fingerprint density at radius 1 is 1.28 bits per heavy atom. The number of ether oxygens (including phenoxy) is 1. The van der Waals surface area contributed by atoms with E-state index >= 15 is 0 Å². The first-order valence-corrected chi connectivity index (χ1v) is 10.4. The highest BCUT2D eigenvalue weighted by Gasteiger charge is 2.16. The van der Waals surface area contributed by atoms with Crippen LogP contribution < -0.4 is 4.80 Å². The molecule has 1 amide bonds. The fourth-order valence-electron chi connectivity index (χ4n) is 2.68. The van der Waals surface area contributed by atoms with Crippen molar-refractivity contribution in [3.05, 3.63) is 62.9 Å². The van der Waals surface area contributed by atoms with Crippen LogP contribution in [0.2, 0.25) is 0 Å². The molecule has 0 aliphatic carbocycles. The zero-order valence-electron chi connectivity index (χ0n) is 15.7. The van der Waals surface area contributed by atoms with Crippen LogP contribution in [0, 0.1) is 10.1 Å². The molecular weight excluding hydrogens is 414 g/mol. The van der Waals surface area contributed by atoms with Crippen molar-refractivity contribution in [2.24, 2.45) is 4.99 Å². The lowest BCUT2D eigenvalue weighted by molar-refractivity contribution is -0.384. The summed E-state index contributed by atoms with van der Waals surface area (Å²) in [5.74, 6) is -0.153. The number of non-ortho nitro benzene ring substituents is 1. The van der Waals surface area contributed by atoms with Gasteiger partial charge in [0.25, 0.3) is 11.6 Å². The van der Waals surface area contributed by atoms with E-state index < -0.39 is 16.8 Å². The molecule has 0 fully saturated rings. The second-order valence-electron chi connectivity index (χ2n) is 5.80. The van der Waals surface area contributed by atoms with E-state index in [1.165, 1.54) is 41.6 Å². The van der Waals surface area contributed by atoms with E-state index in [4.69, 9.17) is 4.74 Å². The fourth-order valence-corrected chi connectivity index (χ4v) is 4.54. The molecule has 0 N–H and O–H groups in total. The minimum absolute atomic E-state index is 0.0773. The number of hydrogen-bond acceptors (Lipinski definition) is 7. The van der Waals surface area contributed by atoms with Crippen LogP contribution in [0.25, 0.3) is 10.2 Å². The SMILES string of the molecule is CCSc1ccccc1C(=O)N=c1sc2cc([N+](=O)[O-])ccc2n1CC(=O)OC. The monoisotopic (exact) mass is 431 g/mol. The maximum atomic E-state index is 12.9. The zero-order chi connectivity index (χ0) is 21.0. The molecule has 0 saturated carbocycles. The van der Waals surface area contributed by atoms with Crippen LogP contribution in [-0.4, -0.2) is 34.2 Å². The average Bonchev–Trinajstić information content (AvgIpc) is 3.04. The van der Waals surface area contributed by atoms with Crippen LogP contribution in [-0.2, 0) is 16.1 Å². The first-order valence-electron chi connectivity index (χ1n) is 8.60. The minimum Gasteiger partial charge on any atom is -0.468 e. The minimum atomic E-state index is -0.515. The molecule has 29 heavy (non-hydrogen) atoms. The highest BCUT2D eigenvalue weighted by atomic mass is 32.2. The molecule has 1 aromatic heterocycles. The second kappa shape index (κ2) is 9.01. The molecule has 0 unspecified atom stereocenters. The lowest BCUT2D eigenvalue weighted by atomic mass is 10.2. The van der Waals surface area contributed by atoms with Gasteiger partial charge in [-0.2, -0.15) is 4.99 Å². The summed E-state index contributed by atoms with van der Waals surface area (Å²) in [6.45, 7) is 1.83. The molecule has 3 aromatic rings. The number of esters is 1. The van der Waals surface area contributed by atoms with Crippen molar-refractivity contribution in [3.8, 4) is 0 Å². The summed E-state index contributed by atoms with van der Waals surface area (Å²) < 4.78 is 6.81. The molecule has 3 rings (SSSR count). The van der Waals surface area contributed by atoms with Gasteiger partial charge < -0.3 is 9.30 Å². The Morgan fingerprint density at radius 3 is 2.72 bits per heavy atom. The smallest absolute Gasteiger partial charge is 0.325 e. The zero-order valence-corrected chi connectivity index (χ0v) is 17.3. The van der Waals surface area contributed by atoms with Gasteiger partial charge in [0.1, 0.15) is 6.54 Å². The number of rotatable bonds is 6. The first-order chi connectivity index (χ1) is 13.9. The molecule has 0 atom stereocenters. The topological polar surface area (TPSA) is 104 Å². The molecule has 2 aromatic carbocycles. The van der Waals surface area contributed by atoms with E-state index in [0.717, 1.165) is 22.0 Å². The van der Waals surface area contributed by atoms with Crippen LogP contribution in [0.4, 0.5) is 5.69 Å². The third-order valence-electron chi connectivity index (χ3n) is 4.01. The van der Waals surface area contributed by atoms with Gasteiger partial charge in [-0.1, -0.05) is 30.4 Å². The number of hydrogen-bond donors (Lipinski definition) is 0. The van der Waals surface area contributed by atoms with Crippen LogP contribution in [0.15, 0.2) is 52.4 Å². The number of fused-ring (bicyclic) bond motifs is 1. The maximum Gasteiger partial charge on any atom is 0.325 e. The van der Waals surface area contributed by atoms with E-state index in [1.807, 2.05) is 19.1 Å². The number of methoxy groups -OCH3 is 1. The lowest BCUT2D eigenvalue weighted by Gasteiger charge is -2.05. The predicted molar refractivity (Wildman–Crippen MR) is 111 cm³/mol. The van der Waals surface area contributed by atoms with E-state index in [2.05, 4.69) is 4.99 Å². The molecule has 0 aliphatic rings. The van der Waals surface area contributed by atoms with Crippen molar-refractivity contribution in [3.63, 3.8) is 0 Å². The number of nitrogens with zero attached hydrogens (tertiary/aromatic N) is 3. The number of thioether (sulfide) groups is 1. The highest BCUT2D eigenvalue weighted by molar-refractivity contribution is 7.99. The third kappa shape index (κ3) is 4.54. The summed E-state index contributed by atoms with van der Waals surface area (Å²) >= 11 is 2.64. The number of aromatic nitrogens is 1. The number of thiazole rings is 1. The van der Waals surface area contributed by atoms with Gasteiger partial charge in [0, 0.05) is 17.0 Å². The number of nitro benzene ring substituents is 1. The van der Waals surface area contributed by atoms with E-state index in [9.17, 15) is 19.7 Å². The molecule has 10 heteroatoms. The molecule has 8 nitrogen and oxygen atoms in total. The van der Waals surface area contributed by atoms with Gasteiger partial charge in [-0.25, -0.2) is 0 Å². The van der Waals surface area contributed by atoms with Crippen LogP contribution in [0.1, 0.15) is 17.3 Å². The number of amides is 1. The summed E-state index contributed by atoms with van der Waals surface area (Å²) in [5, 5.41) is 11.1. The average molecular weight is 431 g/mol. The number of benzene rings is 2. The van der Waals surface area contributed by atoms with Gasteiger partial charge in [-0.05, 0) is 24.0 Å². The van der Waals surface area contributed by atoms with E-state index in [1.54, 1.807) is 12.1 Å². The molecule has 0 aliphatic heterocycles. The predicted octanol–water partition coefficient (Wildman–Crippen LogP) is 3.64. The van der Waals surface area contributed by atoms with Crippen molar-refractivity contribution in [1.82, 2.24) is 4.57 Å². The Hall–Kier alpha value is -2.98. The Kier molecular flexibility index (Phi) is 6.45. The first kappa shape index (κ1) is 20.7. The molecular formula is C19H17N3O5S2. The Balaban J connectivity index is 2.16. The second-order valence-corrected chi connectivity index (χ2v) is 8.12. The molecule has 150 valence electrons. The Morgan fingerprint density at radius 2 is 2.03 bits per heavy atom. The van der Waals surface area contributed by atoms with Gasteiger partial charge in [0.2, 0.25) is 0 Å². The summed E-state index contributed by atoms with van der Waals surface area (Å²) in [6.07, 6.45) is 0. The summed E-state index contributed by atoms with van der Waals surface area (Å²) in [5.41, 5.74) is 0.952. The number of nitro groups is 1. The quantitative estimate of drug-likeness (QED) is 0.255. The van der Waals surface area contributed by atoms with Crippen molar-refractivity contribution >= 4 is 50.9 Å². The van der Waals surface area contributed by atoms with Crippen LogP contribution in [0.3, 0.4) is 0 Å². The standard InChI is InChI=1S/C19H17N3O5S2/c1-3-28-15-7-5-4-6-13(15)18(24)20-19-21(11-17(23)27-2)14-9-8-12(22(25)26)10-16(14)29-19/h4-10H,3,11H2,1-2H3. The van der Waals surface area contributed by atoms with Crippen molar-refractivity contribution in [1.29, 1.82) is 0 Å². The van der Waals surface area contributed by atoms with Gasteiger partial charge in [0.05, 0.1) is 27.8 Å². The summed E-state index contributed by atoms with van der Waals surface area (Å²) in [6, 6.07) is 11.5. The molecule has 0 bridgehead atoms. The number of carbonyl (C=O) groups excluding carboxylic acids is 2. The third-order valence-corrected chi connectivity index (χ3v) is 6.00. The maximum absolute atomic E-state index is 12.9. The normalized spacial score (nSPS) is 11.6. The van der Waals surface area contributed by atoms with Gasteiger partial charge in [-0.3, -0.25) is 19.7 Å². The van der Waals surface area contributed by atoms with Crippen molar-refractivity contribution in [2.45, 2.75) is 18.4 Å². The summed E-state index contributed by atoms with van der Waals surface area (Å²) in [7, 11) is 1.27.